The van der Waals surface area contributed by atoms with Gasteiger partial charge in [0.25, 0.3) is 5.91 Å². The molecule has 0 aromatic rings. The van der Waals surface area contributed by atoms with Gasteiger partial charge in [0, 0.05) is 12.8 Å². The molecular weight excluding hydrogens is 863 g/mol. The number of hydrogen-bond acceptors (Lipinski definition) is 14. The number of esters is 3. The van der Waals surface area contributed by atoms with Crippen LogP contribution in [0.1, 0.15) is 136 Å². The monoisotopic (exact) mass is 942 g/mol. The Morgan fingerprint density at radius 3 is 1.30 bits per heavy atom. The molecule has 1 unspecified atom stereocenters. The number of carbonyl (C=O) groups excluding carboxylic acids is 10. The summed E-state index contributed by atoms with van der Waals surface area (Å²) in [4.78, 5) is 135. The highest BCUT2D eigenvalue weighted by Crippen LogP contribution is 2.22. The van der Waals surface area contributed by atoms with Crippen LogP contribution in [0, 0.1) is 23.7 Å². The summed E-state index contributed by atoms with van der Waals surface area (Å²) < 4.78 is 20.6. The van der Waals surface area contributed by atoms with Crippen molar-refractivity contribution in [1.82, 2.24) is 37.2 Å². The summed E-state index contributed by atoms with van der Waals surface area (Å²) in [5.41, 5.74) is -4.55. The van der Waals surface area contributed by atoms with Crippen molar-refractivity contribution in [3.8, 4) is 0 Å². The van der Waals surface area contributed by atoms with Crippen LogP contribution in [0.4, 0.5) is 4.79 Å². The van der Waals surface area contributed by atoms with Crippen molar-refractivity contribution in [2.75, 3.05) is 14.2 Å². The van der Waals surface area contributed by atoms with E-state index in [0.717, 1.165) is 7.11 Å². The van der Waals surface area contributed by atoms with Gasteiger partial charge in [-0.2, -0.15) is 0 Å². The molecule has 21 heteroatoms. The first-order valence-electron chi connectivity index (χ1n) is 22.3. The minimum absolute atomic E-state index is 0.00201. The van der Waals surface area contributed by atoms with Gasteiger partial charge in [0.05, 0.1) is 14.2 Å². The van der Waals surface area contributed by atoms with E-state index in [0.29, 0.717) is 0 Å². The van der Waals surface area contributed by atoms with Crippen LogP contribution in [-0.2, 0) is 62.1 Å². The van der Waals surface area contributed by atoms with Crippen LogP contribution >= 0.6 is 0 Å². The second kappa shape index (κ2) is 26.6. The van der Waals surface area contributed by atoms with E-state index in [1.807, 2.05) is 13.8 Å². The fraction of sp³-hybridized carbons (Fsp3) is 0.778. The predicted molar refractivity (Wildman–Crippen MR) is 243 cm³/mol. The molecule has 0 heterocycles. The zero-order valence-electron chi connectivity index (χ0n) is 42.3. The number of methoxy groups -OCH3 is 2. The van der Waals surface area contributed by atoms with Gasteiger partial charge in [-0.25, -0.2) is 14.4 Å². The Hall–Kier alpha value is -5.50. The van der Waals surface area contributed by atoms with Gasteiger partial charge in [-0.05, 0) is 91.9 Å². The molecule has 21 nitrogen and oxygen atoms in total. The quantitative estimate of drug-likeness (QED) is 0.0415. The molecule has 0 spiro atoms. The second-order valence-electron chi connectivity index (χ2n) is 19.9. The Morgan fingerprint density at radius 1 is 0.485 bits per heavy atom. The predicted octanol–water partition coefficient (Wildman–Crippen LogP) is 2.07. The highest BCUT2D eigenvalue weighted by Gasteiger charge is 2.51. The number of amides is 7. The summed E-state index contributed by atoms with van der Waals surface area (Å²) in [6.07, 6.45) is -2.01. The van der Waals surface area contributed by atoms with Gasteiger partial charge < -0.3 is 56.2 Å². The molecule has 0 aliphatic rings. The number of ether oxygens (including phenoxy) is 4. The Balaban J connectivity index is 6.93. The third-order valence-electron chi connectivity index (χ3n) is 9.59. The van der Waals surface area contributed by atoms with Gasteiger partial charge in [-0.15, -0.1) is 0 Å². The fourth-order valence-electron chi connectivity index (χ4n) is 6.26. The molecule has 7 amide bonds. The van der Waals surface area contributed by atoms with E-state index in [2.05, 4.69) is 37.2 Å². The average Bonchev–Trinajstić information content (AvgIpc) is 3.16. The molecule has 0 aromatic heterocycles. The fourth-order valence-corrected chi connectivity index (χ4v) is 6.26. The number of carbonyl (C=O) groups is 10. The first kappa shape index (κ1) is 60.5. The largest absolute Gasteiger partial charge is 0.467 e. The minimum Gasteiger partial charge on any atom is -0.467 e. The van der Waals surface area contributed by atoms with Crippen molar-refractivity contribution in [2.24, 2.45) is 23.7 Å². The van der Waals surface area contributed by atoms with E-state index in [9.17, 15) is 47.9 Å². The number of rotatable bonds is 24. The molecule has 0 bridgehead atoms. The highest BCUT2D eigenvalue weighted by atomic mass is 16.6. The van der Waals surface area contributed by atoms with Crippen LogP contribution in [0.15, 0.2) is 0 Å². The van der Waals surface area contributed by atoms with Crippen molar-refractivity contribution >= 4 is 59.4 Å². The first-order valence-corrected chi connectivity index (χ1v) is 22.3. The summed E-state index contributed by atoms with van der Waals surface area (Å²) in [6.45, 7) is 26.1. The van der Waals surface area contributed by atoms with Crippen molar-refractivity contribution in [3.05, 3.63) is 0 Å². The van der Waals surface area contributed by atoms with E-state index in [1.54, 1.807) is 83.1 Å². The molecule has 0 saturated carbocycles. The van der Waals surface area contributed by atoms with E-state index in [-0.39, 0.29) is 24.7 Å². The molecule has 0 radical (unpaired) electrons. The van der Waals surface area contributed by atoms with Crippen molar-refractivity contribution in [1.29, 1.82) is 0 Å². The standard InChI is InChI=1S/C45H79N7O14/c1-23(2)21-29(48-34(54)27(9)47-38(58)33(26(7)8)51-42(62)66-44(14,15)16)36(56)52-45(41(61)64-18,20-19-31(53)65-43(11,12)13)40(60)50-32(25(5)6)37(57)46-28(10)35(55)49-30(22-24(3)4)39(59)63-17/h23-30,32-33H,19-22H2,1-18H3,(H,46,57)(H,47,58)(H,48,54)(H,49,55)(H,50,60)(H,51,62)(H,52,56)/t27-,28-,29-,30-,32-,33-,45?/m0/s1. The summed E-state index contributed by atoms with van der Waals surface area (Å²) in [7, 11) is 2.12. The van der Waals surface area contributed by atoms with Crippen LogP contribution in [0.25, 0.3) is 0 Å². The maximum Gasteiger partial charge on any atom is 0.408 e. The van der Waals surface area contributed by atoms with Gasteiger partial charge in [0.1, 0.15) is 47.5 Å². The van der Waals surface area contributed by atoms with Crippen LogP contribution in [-0.4, -0.2) is 127 Å². The smallest absolute Gasteiger partial charge is 0.408 e. The van der Waals surface area contributed by atoms with E-state index >= 15 is 0 Å². The first-order chi connectivity index (χ1) is 30.1. The molecule has 66 heavy (non-hydrogen) atoms. The van der Waals surface area contributed by atoms with Crippen molar-refractivity contribution < 1.29 is 66.9 Å². The van der Waals surface area contributed by atoms with Gasteiger partial charge >= 0.3 is 24.0 Å². The molecule has 7 atom stereocenters. The minimum atomic E-state index is -2.72. The van der Waals surface area contributed by atoms with Gasteiger partial charge in [0.2, 0.25) is 35.1 Å². The molecule has 0 aliphatic carbocycles. The maximum absolute atomic E-state index is 14.6. The highest BCUT2D eigenvalue weighted by molar-refractivity contribution is 6.12. The summed E-state index contributed by atoms with van der Waals surface area (Å²) >= 11 is 0. The second-order valence-corrected chi connectivity index (χ2v) is 19.9. The topological polar surface area (TPSA) is 292 Å². The SMILES string of the molecule is COC(=O)[C@H](CC(C)C)NC(=O)[C@H](C)NC(=O)[C@@H](NC(=O)C(CCC(=O)OC(C)(C)C)(NC(=O)[C@H](CC(C)C)NC(=O)[C@H](C)NC(=O)[C@@H](NC(=O)OC(C)(C)C)C(C)C)C(=O)OC)C(C)C. The number of alkyl carbamates (subject to hydrolysis) is 1. The molecule has 0 aliphatic heterocycles. The van der Waals surface area contributed by atoms with Gasteiger partial charge in [-0.3, -0.25) is 33.6 Å². The Labute approximate surface area is 390 Å². The third kappa shape index (κ3) is 21.2. The average molecular weight is 942 g/mol. The van der Waals surface area contributed by atoms with Gasteiger partial charge in [0.15, 0.2) is 0 Å². The van der Waals surface area contributed by atoms with Crippen molar-refractivity contribution in [3.63, 3.8) is 0 Å². The lowest BCUT2D eigenvalue weighted by molar-refractivity contribution is -0.160. The molecular formula is C45H79N7O14. The Bertz CT molecular complexity index is 1720. The molecule has 378 valence electrons. The van der Waals surface area contributed by atoms with E-state index in [1.165, 1.54) is 21.0 Å². The summed E-state index contributed by atoms with van der Waals surface area (Å²) in [5.74, 6) is -9.80. The molecule has 0 fully saturated rings. The van der Waals surface area contributed by atoms with E-state index in [4.69, 9.17) is 18.9 Å². The Kier molecular flexibility index (Phi) is 24.4. The Morgan fingerprint density at radius 2 is 0.909 bits per heavy atom. The van der Waals surface area contributed by atoms with Crippen LogP contribution in [0.3, 0.4) is 0 Å². The maximum atomic E-state index is 14.6. The van der Waals surface area contributed by atoms with Gasteiger partial charge in [-0.1, -0.05) is 55.4 Å². The lowest BCUT2D eigenvalue weighted by Crippen LogP contribution is -2.69. The van der Waals surface area contributed by atoms with Crippen LogP contribution in [0.5, 0.6) is 0 Å². The van der Waals surface area contributed by atoms with E-state index < -0.39 is 137 Å². The summed E-state index contributed by atoms with van der Waals surface area (Å²) in [6, 6.07) is -7.55. The molecule has 0 rings (SSSR count). The molecule has 7 N–H and O–H groups in total. The van der Waals surface area contributed by atoms with Crippen LogP contribution < -0.4 is 37.2 Å². The normalized spacial score (nSPS) is 15.4. The number of nitrogens with one attached hydrogen (secondary N) is 7. The molecule has 0 aromatic carbocycles. The lowest BCUT2D eigenvalue weighted by Gasteiger charge is -2.35. The zero-order chi connectivity index (χ0) is 51.7. The van der Waals surface area contributed by atoms with Crippen molar-refractivity contribution in [2.45, 2.75) is 189 Å². The zero-order valence-corrected chi connectivity index (χ0v) is 42.3. The molecule has 0 saturated heterocycles. The van der Waals surface area contributed by atoms with Crippen LogP contribution in [0.2, 0.25) is 0 Å². The third-order valence-corrected chi connectivity index (χ3v) is 9.59. The lowest BCUT2D eigenvalue weighted by atomic mass is 9.89. The summed E-state index contributed by atoms with van der Waals surface area (Å²) in [5, 5.41) is 17.6. The number of hydrogen-bond donors (Lipinski definition) is 7.